The molecule has 7 nitrogen and oxygen atoms in total. The maximum Gasteiger partial charge on any atom is 0.325 e. The van der Waals surface area contributed by atoms with Gasteiger partial charge in [0, 0.05) is 12.4 Å². The normalized spacial score (nSPS) is 10.5. The molecule has 0 saturated carbocycles. The summed E-state index contributed by atoms with van der Waals surface area (Å²) in [7, 11) is 0. The van der Waals surface area contributed by atoms with Crippen molar-refractivity contribution in [2.45, 2.75) is 6.61 Å². The zero-order valence-corrected chi connectivity index (χ0v) is 14.5. The van der Waals surface area contributed by atoms with Gasteiger partial charge in [-0.1, -0.05) is 29.8 Å². The number of nitrogens with zero attached hydrogens (tertiary/aromatic N) is 2. The van der Waals surface area contributed by atoms with Crippen LogP contribution in [-0.2, 0) is 20.9 Å². The number of carbonyl (C=O) groups is 2. The van der Waals surface area contributed by atoms with Crippen molar-refractivity contribution >= 4 is 29.1 Å². The number of benzene rings is 1. The van der Waals surface area contributed by atoms with Gasteiger partial charge >= 0.3 is 5.97 Å². The molecular weight excluding hydrogens is 358 g/mol. The predicted molar refractivity (Wildman–Crippen MR) is 94.9 cm³/mol. The summed E-state index contributed by atoms with van der Waals surface area (Å²) in [6.07, 6.45) is 3.43. The van der Waals surface area contributed by atoms with E-state index >= 15 is 0 Å². The number of hydrogen-bond donors (Lipinski definition) is 1. The molecule has 0 unspecified atom stereocenters. The largest absolute Gasteiger partial charge is 0.484 e. The first-order chi connectivity index (χ1) is 12.6. The molecule has 1 amide bonds. The van der Waals surface area contributed by atoms with E-state index in [2.05, 4.69) is 10.3 Å². The minimum atomic E-state index is -0.562. The minimum absolute atomic E-state index is 0.00845. The molecule has 1 N–H and O–H groups in total. The molecule has 0 spiro atoms. The van der Waals surface area contributed by atoms with Crippen molar-refractivity contribution < 1.29 is 19.1 Å². The molecule has 3 rings (SSSR count). The van der Waals surface area contributed by atoms with Crippen LogP contribution in [0.2, 0.25) is 5.02 Å². The smallest absolute Gasteiger partial charge is 0.325 e. The number of fused-ring (bicyclic) bond motifs is 1. The van der Waals surface area contributed by atoms with Crippen LogP contribution in [0, 0.1) is 0 Å². The summed E-state index contributed by atoms with van der Waals surface area (Å²) in [4.78, 5) is 27.7. The lowest BCUT2D eigenvalue weighted by molar-refractivity contribution is -0.145. The van der Waals surface area contributed by atoms with Gasteiger partial charge in [-0.25, -0.2) is 4.98 Å². The van der Waals surface area contributed by atoms with Crippen LogP contribution in [0.3, 0.4) is 0 Å². The number of ether oxygens (including phenoxy) is 2. The maximum absolute atomic E-state index is 11.7. The number of halogens is 1. The van der Waals surface area contributed by atoms with E-state index in [0.29, 0.717) is 22.1 Å². The SMILES string of the molecule is O=C(COc1ccccc1)NCC(=O)OCc1cn2cc(Cl)ccc2n1. The van der Waals surface area contributed by atoms with E-state index in [4.69, 9.17) is 21.1 Å². The van der Waals surface area contributed by atoms with Crippen LogP contribution in [0.1, 0.15) is 5.69 Å². The fraction of sp³-hybridized carbons (Fsp3) is 0.167. The highest BCUT2D eigenvalue weighted by atomic mass is 35.5. The zero-order valence-electron chi connectivity index (χ0n) is 13.7. The third-order valence-corrected chi connectivity index (χ3v) is 3.61. The first-order valence-corrected chi connectivity index (χ1v) is 8.21. The van der Waals surface area contributed by atoms with Crippen LogP contribution in [0.15, 0.2) is 54.9 Å². The highest BCUT2D eigenvalue weighted by Crippen LogP contribution is 2.12. The third-order valence-electron chi connectivity index (χ3n) is 3.39. The number of nitrogens with one attached hydrogen (secondary N) is 1. The van der Waals surface area contributed by atoms with E-state index < -0.39 is 11.9 Å². The number of para-hydroxylation sites is 1. The Morgan fingerprint density at radius 1 is 1.12 bits per heavy atom. The molecule has 3 aromatic rings. The molecule has 0 aliphatic heterocycles. The van der Waals surface area contributed by atoms with Gasteiger partial charge < -0.3 is 19.2 Å². The zero-order chi connectivity index (χ0) is 18.4. The van der Waals surface area contributed by atoms with Gasteiger partial charge in [0.15, 0.2) is 6.61 Å². The van der Waals surface area contributed by atoms with Crippen molar-refractivity contribution in [2.75, 3.05) is 13.2 Å². The molecule has 0 atom stereocenters. The number of hydrogen-bond acceptors (Lipinski definition) is 5. The number of imidazole rings is 1. The van der Waals surface area contributed by atoms with Gasteiger partial charge in [0.2, 0.25) is 0 Å². The molecule has 0 bridgehead atoms. The van der Waals surface area contributed by atoms with Gasteiger partial charge in [0.25, 0.3) is 5.91 Å². The lowest BCUT2D eigenvalue weighted by Gasteiger charge is -2.07. The Kier molecular flexibility index (Phi) is 5.70. The molecule has 0 aliphatic rings. The fourth-order valence-corrected chi connectivity index (χ4v) is 2.35. The third kappa shape index (κ3) is 4.97. The molecule has 0 aliphatic carbocycles. The standard InChI is InChI=1S/C18H16ClN3O4/c19-13-6-7-16-21-14(10-22(16)9-13)11-26-18(24)8-20-17(23)12-25-15-4-2-1-3-5-15/h1-7,9-10H,8,11-12H2,(H,20,23). The van der Waals surface area contributed by atoms with Crippen LogP contribution >= 0.6 is 11.6 Å². The molecule has 2 heterocycles. The summed E-state index contributed by atoms with van der Waals surface area (Å²) in [5.41, 5.74) is 1.28. The lowest BCUT2D eigenvalue weighted by Crippen LogP contribution is -2.34. The van der Waals surface area contributed by atoms with Crippen LogP contribution in [0.5, 0.6) is 5.75 Å². The number of amides is 1. The van der Waals surface area contributed by atoms with Crippen LogP contribution in [-0.4, -0.2) is 34.4 Å². The van der Waals surface area contributed by atoms with Crippen molar-refractivity contribution in [3.8, 4) is 5.75 Å². The van der Waals surface area contributed by atoms with Crippen molar-refractivity contribution in [2.24, 2.45) is 0 Å². The summed E-state index contributed by atoms with van der Waals surface area (Å²) in [6, 6.07) is 12.4. The Bertz CT molecular complexity index is 911. The topological polar surface area (TPSA) is 81.9 Å². The second-order valence-corrected chi connectivity index (χ2v) is 5.82. The summed E-state index contributed by atoms with van der Waals surface area (Å²) >= 11 is 5.91. The van der Waals surface area contributed by atoms with Crippen molar-refractivity contribution in [3.63, 3.8) is 0 Å². The second kappa shape index (κ2) is 8.35. The quantitative estimate of drug-likeness (QED) is 0.642. The molecule has 0 fully saturated rings. The molecule has 134 valence electrons. The summed E-state index contributed by atoms with van der Waals surface area (Å²) < 4.78 is 12.1. The molecular formula is C18H16ClN3O4. The van der Waals surface area contributed by atoms with Gasteiger partial charge in [0.05, 0.1) is 10.7 Å². The summed E-state index contributed by atoms with van der Waals surface area (Å²) in [5.74, 6) is -0.390. The first kappa shape index (κ1) is 17.8. The van der Waals surface area contributed by atoms with Gasteiger partial charge in [0.1, 0.15) is 24.5 Å². The molecule has 0 radical (unpaired) electrons. The van der Waals surface area contributed by atoms with Crippen LogP contribution in [0.25, 0.3) is 5.65 Å². The van der Waals surface area contributed by atoms with Crippen molar-refractivity contribution in [1.82, 2.24) is 14.7 Å². The molecule has 2 aromatic heterocycles. The number of esters is 1. The number of rotatable bonds is 7. The molecule has 1 aromatic carbocycles. The Morgan fingerprint density at radius 3 is 2.73 bits per heavy atom. The monoisotopic (exact) mass is 373 g/mol. The average Bonchev–Trinajstić information content (AvgIpc) is 3.06. The highest BCUT2D eigenvalue weighted by Gasteiger charge is 2.09. The van der Waals surface area contributed by atoms with Gasteiger partial charge in [-0.2, -0.15) is 0 Å². The number of aromatic nitrogens is 2. The Morgan fingerprint density at radius 2 is 1.92 bits per heavy atom. The molecule has 8 heteroatoms. The molecule has 26 heavy (non-hydrogen) atoms. The lowest BCUT2D eigenvalue weighted by atomic mass is 10.3. The minimum Gasteiger partial charge on any atom is -0.484 e. The average molecular weight is 374 g/mol. The fourth-order valence-electron chi connectivity index (χ4n) is 2.18. The van der Waals surface area contributed by atoms with Gasteiger partial charge in [-0.3, -0.25) is 9.59 Å². The predicted octanol–water partition coefficient (Wildman–Crippen LogP) is 2.23. The Balaban J connectivity index is 1.40. The Labute approximate surface area is 154 Å². The summed E-state index contributed by atoms with van der Waals surface area (Å²) in [6.45, 7) is -0.408. The first-order valence-electron chi connectivity index (χ1n) is 7.83. The van der Waals surface area contributed by atoms with Crippen LogP contribution in [0.4, 0.5) is 0 Å². The van der Waals surface area contributed by atoms with E-state index in [1.165, 1.54) is 0 Å². The van der Waals surface area contributed by atoms with Gasteiger partial charge in [-0.15, -0.1) is 0 Å². The number of pyridine rings is 1. The maximum atomic E-state index is 11.7. The van der Waals surface area contributed by atoms with Crippen LogP contribution < -0.4 is 10.1 Å². The highest BCUT2D eigenvalue weighted by molar-refractivity contribution is 6.30. The van der Waals surface area contributed by atoms with E-state index in [9.17, 15) is 9.59 Å². The van der Waals surface area contributed by atoms with Gasteiger partial charge in [-0.05, 0) is 24.3 Å². The number of carbonyl (C=O) groups excluding carboxylic acids is 2. The Hall–Kier alpha value is -3.06. The van der Waals surface area contributed by atoms with Crippen molar-refractivity contribution in [3.05, 3.63) is 65.6 Å². The van der Waals surface area contributed by atoms with E-state index in [-0.39, 0.29) is 19.8 Å². The summed E-state index contributed by atoms with van der Waals surface area (Å²) in [5, 5.41) is 3.02. The van der Waals surface area contributed by atoms with E-state index in [0.717, 1.165) is 0 Å². The van der Waals surface area contributed by atoms with Crippen molar-refractivity contribution in [1.29, 1.82) is 0 Å². The second-order valence-electron chi connectivity index (χ2n) is 5.38. The van der Waals surface area contributed by atoms with E-state index in [1.807, 2.05) is 6.07 Å². The molecule has 0 saturated heterocycles. The van der Waals surface area contributed by atoms with E-state index in [1.54, 1.807) is 53.2 Å².